The third-order valence-electron chi connectivity index (χ3n) is 4.17. The molecule has 2 aliphatic rings. The number of ether oxygens (including phenoxy) is 2. The van der Waals surface area contributed by atoms with Gasteiger partial charge in [-0.3, -0.25) is 19.1 Å². The number of aliphatic hydroxyl groups is 2. The number of amides is 1. The number of aromatic nitrogens is 2. The molecular formula is C15H17N3O7. The Morgan fingerprint density at radius 1 is 1.56 bits per heavy atom. The number of carbonyl (C=O) groups excluding carboxylic acids is 1. The summed E-state index contributed by atoms with van der Waals surface area (Å²) in [6.07, 6.45) is -1.75. The normalized spacial score (nSPS) is 30.0. The molecule has 10 heteroatoms. The summed E-state index contributed by atoms with van der Waals surface area (Å²) in [5.41, 5.74) is -2.73. The van der Waals surface area contributed by atoms with Crippen molar-refractivity contribution in [2.45, 2.75) is 31.0 Å². The van der Waals surface area contributed by atoms with E-state index < -0.39 is 41.9 Å². The zero-order valence-electron chi connectivity index (χ0n) is 13.3. The molecule has 3 rings (SSSR count). The van der Waals surface area contributed by atoms with Crippen LogP contribution in [0, 0.1) is 11.8 Å². The lowest BCUT2D eigenvalue weighted by molar-refractivity contribution is -0.187. The average molecular weight is 351 g/mol. The molecule has 2 aliphatic heterocycles. The minimum absolute atomic E-state index is 0.00726. The summed E-state index contributed by atoms with van der Waals surface area (Å²) in [6.45, 7) is 0.922. The summed E-state index contributed by atoms with van der Waals surface area (Å²) < 4.78 is 12.1. The monoisotopic (exact) mass is 351 g/mol. The largest absolute Gasteiger partial charge is 0.393 e. The van der Waals surface area contributed by atoms with Crippen LogP contribution in [0.1, 0.15) is 18.7 Å². The highest BCUT2D eigenvalue weighted by atomic mass is 16.7. The van der Waals surface area contributed by atoms with Crippen LogP contribution in [0.15, 0.2) is 15.8 Å². The van der Waals surface area contributed by atoms with E-state index in [1.165, 1.54) is 13.1 Å². The van der Waals surface area contributed by atoms with Crippen molar-refractivity contribution in [2.75, 3.05) is 19.8 Å². The third-order valence-corrected chi connectivity index (χ3v) is 4.17. The molecule has 0 spiro atoms. The predicted molar refractivity (Wildman–Crippen MR) is 82.6 cm³/mol. The maximum Gasteiger partial charge on any atom is 0.330 e. The second-order valence-electron chi connectivity index (χ2n) is 5.87. The Kier molecular flexibility index (Phi) is 4.49. The molecule has 2 saturated heterocycles. The van der Waals surface area contributed by atoms with Gasteiger partial charge in [0.2, 0.25) is 5.91 Å². The van der Waals surface area contributed by atoms with Gasteiger partial charge in [0, 0.05) is 13.1 Å². The Labute approximate surface area is 141 Å². The number of aromatic amines is 1. The molecule has 1 aromatic heterocycles. The van der Waals surface area contributed by atoms with Gasteiger partial charge >= 0.3 is 5.69 Å². The first-order valence-electron chi connectivity index (χ1n) is 7.55. The van der Waals surface area contributed by atoms with Gasteiger partial charge in [-0.15, -0.1) is 0 Å². The summed E-state index contributed by atoms with van der Waals surface area (Å²) >= 11 is 0. The highest BCUT2D eigenvalue weighted by molar-refractivity contribution is 5.73. The van der Waals surface area contributed by atoms with Crippen molar-refractivity contribution in [3.63, 3.8) is 0 Å². The minimum atomic E-state index is -1.29. The van der Waals surface area contributed by atoms with E-state index in [0.29, 0.717) is 0 Å². The van der Waals surface area contributed by atoms with E-state index in [4.69, 9.17) is 9.47 Å². The average Bonchev–Trinajstić information content (AvgIpc) is 3.03. The molecule has 0 saturated carbocycles. The van der Waals surface area contributed by atoms with Gasteiger partial charge < -0.3 is 25.0 Å². The SMILES string of the molecule is CC(=O)NCC#Cc1cn([C@@H]2O[C@@]3(CO)CO[C@H]2C3O)c(=O)[nH]c1=O. The van der Waals surface area contributed by atoms with Crippen molar-refractivity contribution >= 4 is 5.91 Å². The summed E-state index contributed by atoms with van der Waals surface area (Å²) in [6, 6.07) is 0. The van der Waals surface area contributed by atoms with Crippen LogP contribution in [0.3, 0.4) is 0 Å². The predicted octanol–water partition coefficient (Wildman–Crippen LogP) is -2.96. The van der Waals surface area contributed by atoms with Crippen molar-refractivity contribution in [1.29, 1.82) is 0 Å². The highest BCUT2D eigenvalue weighted by Gasteiger charge is 2.61. The lowest BCUT2D eigenvalue weighted by Crippen LogP contribution is -2.44. The van der Waals surface area contributed by atoms with E-state index in [9.17, 15) is 24.6 Å². The van der Waals surface area contributed by atoms with Crippen LogP contribution < -0.4 is 16.6 Å². The molecular weight excluding hydrogens is 334 g/mol. The number of nitrogens with one attached hydrogen (secondary N) is 2. The van der Waals surface area contributed by atoms with Crippen LogP contribution in [0.25, 0.3) is 0 Å². The Balaban J connectivity index is 1.91. The molecule has 0 radical (unpaired) electrons. The smallest absolute Gasteiger partial charge is 0.330 e. The molecule has 1 aromatic rings. The summed E-state index contributed by atoms with van der Waals surface area (Å²) in [4.78, 5) is 36.9. The lowest BCUT2D eigenvalue weighted by Gasteiger charge is -2.29. The molecule has 0 aliphatic carbocycles. The Morgan fingerprint density at radius 2 is 2.32 bits per heavy atom. The Hall–Kier alpha value is -2.45. The summed E-state index contributed by atoms with van der Waals surface area (Å²) in [5, 5.41) is 22.1. The second-order valence-corrected chi connectivity index (χ2v) is 5.87. The first kappa shape index (κ1) is 17.4. The minimum Gasteiger partial charge on any atom is -0.393 e. The van der Waals surface area contributed by atoms with Crippen LogP contribution in [-0.4, -0.2) is 63.2 Å². The van der Waals surface area contributed by atoms with Gasteiger partial charge in [0.25, 0.3) is 5.56 Å². The number of hydrogen-bond acceptors (Lipinski definition) is 7. The van der Waals surface area contributed by atoms with Gasteiger partial charge in [-0.1, -0.05) is 11.8 Å². The molecule has 10 nitrogen and oxygen atoms in total. The van der Waals surface area contributed by atoms with Crippen molar-refractivity contribution in [3.05, 3.63) is 32.6 Å². The maximum atomic E-state index is 12.1. The third kappa shape index (κ3) is 2.98. The fourth-order valence-electron chi connectivity index (χ4n) is 2.83. The molecule has 3 heterocycles. The van der Waals surface area contributed by atoms with Crippen LogP contribution in [0.5, 0.6) is 0 Å². The van der Waals surface area contributed by atoms with Crippen LogP contribution in [-0.2, 0) is 14.3 Å². The van der Waals surface area contributed by atoms with Gasteiger partial charge in [0.15, 0.2) is 6.23 Å². The number of nitrogens with zero attached hydrogens (tertiary/aromatic N) is 1. The number of aliphatic hydroxyl groups excluding tert-OH is 2. The van der Waals surface area contributed by atoms with E-state index in [1.807, 2.05) is 0 Å². The van der Waals surface area contributed by atoms with Crippen LogP contribution in [0.4, 0.5) is 0 Å². The van der Waals surface area contributed by atoms with Gasteiger partial charge in [-0.25, -0.2) is 4.79 Å². The van der Waals surface area contributed by atoms with Crippen LogP contribution >= 0.6 is 0 Å². The second kappa shape index (κ2) is 6.45. The van der Waals surface area contributed by atoms with E-state index in [1.54, 1.807) is 0 Å². The first-order valence-corrected chi connectivity index (χ1v) is 7.55. The number of hydrogen-bond donors (Lipinski definition) is 4. The van der Waals surface area contributed by atoms with Crippen molar-refractivity contribution in [3.8, 4) is 11.8 Å². The maximum absolute atomic E-state index is 12.1. The van der Waals surface area contributed by atoms with Crippen molar-refractivity contribution in [1.82, 2.24) is 14.9 Å². The molecule has 4 N–H and O–H groups in total. The molecule has 2 bridgehead atoms. The highest BCUT2D eigenvalue weighted by Crippen LogP contribution is 2.44. The van der Waals surface area contributed by atoms with Crippen molar-refractivity contribution < 1.29 is 24.5 Å². The fourth-order valence-corrected chi connectivity index (χ4v) is 2.83. The van der Waals surface area contributed by atoms with Crippen LogP contribution in [0.2, 0.25) is 0 Å². The number of fused-ring (bicyclic) bond motifs is 2. The lowest BCUT2D eigenvalue weighted by atomic mass is 10.0. The van der Waals surface area contributed by atoms with E-state index in [2.05, 4.69) is 22.1 Å². The standard InChI is InChI=1S/C15H17N3O7/c1-8(20)16-4-2-3-9-5-18(14(23)17-12(9)22)13-10-11(21)15(6-19,25-13)7-24-10/h5,10-11,13,19,21H,4,6-7H2,1H3,(H,16,20)(H,17,22,23)/t10-,11?,13+,15-/m0/s1. The zero-order valence-corrected chi connectivity index (χ0v) is 13.3. The molecule has 1 unspecified atom stereocenters. The molecule has 134 valence electrons. The van der Waals surface area contributed by atoms with Gasteiger partial charge in [0.05, 0.1) is 19.8 Å². The van der Waals surface area contributed by atoms with E-state index >= 15 is 0 Å². The fraction of sp³-hybridized carbons (Fsp3) is 0.533. The molecule has 1 amide bonds. The quantitative estimate of drug-likeness (QED) is 0.426. The van der Waals surface area contributed by atoms with Crippen molar-refractivity contribution in [2.24, 2.45) is 0 Å². The topological polar surface area (TPSA) is 143 Å². The Morgan fingerprint density at radius 3 is 2.96 bits per heavy atom. The molecule has 2 fully saturated rings. The van der Waals surface area contributed by atoms with E-state index in [-0.39, 0.29) is 24.6 Å². The zero-order chi connectivity index (χ0) is 18.2. The Bertz CT molecular complexity index is 864. The summed E-state index contributed by atoms with van der Waals surface area (Å²) in [5.74, 6) is 4.90. The van der Waals surface area contributed by atoms with Gasteiger partial charge in [-0.2, -0.15) is 0 Å². The summed E-state index contributed by atoms with van der Waals surface area (Å²) in [7, 11) is 0. The van der Waals surface area contributed by atoms with Gasteiger partial charge in [0.1, 0.15) is 23.4 Å². The molecule has 0 aromatic carbocycles. The number of carbonyl (C=O) groups is 1. The number of H-pyrrole nitrogens is 1. The first-order chi connectivity index (χ1) is 11.9. The number of rotatable bonds is 3. The molecule has 25 heavy (non-hydrogen) atoms. The van der Waals surface area contributed by atoms with E-state index in [0.717, 1.165) is 4.57 Å². The molecule has 4 atom stereocenters. The van der Waals surface area contributed by atoms with Gasteiger partial charge in [-0.05, 0) is 0 Å².